The molecule has 2 aliphatic carbocycles. The minimum Gasteiger partial charge on any atom is -0.473 e. The lowest BCUT2D eigenvalue weighted by Crippen LogP contribution is -2.43. The van der Waals surface area contributed by atoms with E-state index in [1.54, 1.807) is 12.1 Å². The number of aliphatic imine (C=N–C) groups is 1. The average molecular weight is 650 g/mol. The number of ether oxygens (including phenoxy) is 1. The van der Waals surface area contributed by atoms with Crippen LogP contribution in [-0.4, -0.2) is 64.6 Å². The standard InChI is InChI=1S/C33H47N9O3S/c1-18(2)39-25(43)16-20(34)11-14-38-24-17-26(45-19(3)22-9-7-15-42(22)4)41-32(40-24)28(35)21-8-5-12-33(30(21)44)13-6-10-23-27(33)29(36)31(37)46-23/h11,14,17-19,22H,5-10,12-13,15-16,34-37H2,1-4H3,(H,39,43)/t19-,22-,33-/m0/s1. The quantitative estimate of drug-likeness (QED) is 0.197. The predicted octanol–water partition coefficient (Wildman–Crippen LogP) is 3.72. The molecule has 0 unspecified atom stereocenters. The Morgan fingerprint density at radius 1 is 1.20 bits per heavy atom. The zero-order chi connectivity index (χ0) is 33.2. The molecule has 46 heavy (non-hydrogen) atoms. The number of nitrogen functional groups attached to an aromatic ring is 2. The fourth-order valence-electron chi connectivity index (χ4n) is 7.13. The molecule has 12 nitrogen and oxygen atoms in total. The Balaban J connectivity index is 1.49. The van der Waals surface area contributed by atoms with E-state index in [1.165, 1.54) is 17.6 Å². The molecule has 5 rings (SSSR count). The fourth-order valence-corrected chi connectivity index (χ4v) is 8.26. The number of hydrogen-bond acceptors (Lipinski definition) is 12. The predicted molar refractivity (Wildman–Crippen MR) is 184 cm³/mol. The fraction of sp³-hybridized carbons (Fsp3) is 0.545. The van der Waals surface area contributed by atoms with E-state index in [4.69, 9.17) is 32.7 Å². The molecule has 3 heterocycles. The third kappa shape index (κ3) is 6.90. The van der Waals surface area contributed by atoms with Crippen molar-refractivity contribution in [3.8, 4) is 5.88 Å². The van der Waals surface area contributed by atoms with E-state index in [0.717, 1.165) is 49.1 Å². The molecule has 248 valence electrons. The van der Waals surface area contributed by atoms with Crippen LogP contribution < -0.4 is 33.0 Å². The minimum atomic E-state index is -0.745. The molecule has 2 fully saturated rings. The Morgan fingerprint density at radius 2 is 1.93 bits per heavy atom. The number of hydrogen-bond donors (Lipinski definition) is 5. The van der Waals surface area contributed by atoms with Gasteiger partial charge in [-0.05, 0) is 91.8 Å². The largest absolute Gasteiger partial charge is 0.473 e. The van der Waals surface area contributed by atoms with Crippen LogP contribution in [0.2, 0.25) is 0 Å². The highest BCUT2D eigenvalue weighted by molar-refractivity contribution is 7.16. The Hall–Kier alpha value is -3.97. The molecule has 13 heteroatoms. The molecular weight excluding hydrogens is 602 g/mol. The molecule has 1 saturated heterocycles. The van der Waals surface area contributed by atoms with Crippen LogP contribution in [0.3, 0.4) is 0 Å². The van der Waals surface area contributed by atoms with Gasteiger partial charge >= 0.3 is 0 Å². The van der Waals surface area contributed by atoms with Crippen LogP contribution in [0.1, 0.15) is 88.4 Å². The molecule has 1 spiro atoms. The lowest BCUT2D eigenvalue weighted by molar-refractivity contribution is -0.123. The van der Waals surface area contributed by atoms with Crippen molar-refractivity contribution in [3.63, 3.8) is 0 Å². The number of anilines is 2. The number of likely N-dealkylation sites (tertiary alicyclic amines) is 1. The summed E-state index contributed by atoms with van der Waals surface area (Å²) in [6.45, 7) is 6.81. The molecule has 1 amide bonds. The summed E-state index contributed by atoms with van der Waals surface area (Å²) < 4.78 is 6.35. The number of ketones is 1. The van der Waals surface area contributed by atoms with Gasteiger partial charge < -0.3 is 33.0 Å². The van der Waals surface area contributed by atoms with Gasteiger partial charge in [0, 0.05) is 46.1 Å². The molecule has 1 aliphatic heterocycles. The molecule has 0 bridgehead atoms. The number of aromatic nitrogens is 2. The van der Waals surface area contributed by atoms with Crippen molar-refractivity contribution in [1.29, 1.82) is 0 Å². The van der Waals surface area contributed by atoms with Crippen molar-refractivity contribution in [2.45, 2.75) is 102 Å². The lowest BCUT2D eigenvalue weighted by Gasteiger charge is -2.40. The first-order valence-electron chi connectivity index (χ1n) is 16.1. The summed E-state index contributed by atoms with van der Waals surface area (Å²) in [6.07, 6.45) is 9.50. The summed E-state index contributed by atoms with van der Waals surface area (Å²) >= 11 is 1.48. The summed E-state index contributed by atoms with van der Waals surface area (Å²) in [5.41, 5.74) is 27.3. The van der Waals surface area contributed by atoms with Crippen molar-refractivity contribution < 1.29 is 14.3 Å². The van der Waals surface area contributed by atoms with Gasteiger partial charge in [0.25, 0.3) is 0 Å². The number of likely N-dealkylation sites (N-methyl/N-ethyl adjacent to an activating group) is 1. The third-order valence-corrected chi connectivity index (χ3v) is 10.4. The summed E-state index contributed by atoms with van der Waals surface area (Å²) in [4.78, 5) is 43.7. The summed E-state index contributed by atoms with van der Waals surface area (Å²) in [6, 6.07) is 1.90. The molecule has 1 saturated carbocycles. The highest BCUT2D eigenvalue weighted by atomic mass is 32.1. The molecular formula is C33H47N9O3S. The van der Waals surface area contributed by atoms with Crippen molar-refractivity contribution in [3.05, 3.63) is 39.7 Å². The maximum atomic E-state index is 14.4. The van der Waals surface area contributed by atoms with E-state index >= 15 is 0 Å². The van der Waals surface area contributed by atoms with Gasteiger partial charge in [-0.1, -0.05) is 0 Å². The molecule has 3 aliphatic rings. The van der Waals surface area contributed by atoms with Crippen LogP contribution in [0, 0.1) is 0 Å². The van der Waals surface area contributed by atoms with Crippen LogP contribution in [0.5, 0.6) is 5.88 Å². The number of allylic oxidation sites excluding steroid dienone is 2. The molecule has 2 aromatic rings. The number of amides is 1. The minimum absolute atomic E-state index is 0.0182. The second kappa shape index (κ2) is 13.8. The summed E-state index contributed by atoms with van der Waals surface area (Å²) in [7, 11) is 2.09. The first kappa shape index (κ1) is 33.4. The summed E-state index contributed by atoms with van der Waals surface area (Å²) in [5.74, 6) is 0.583. The number of nitrogens with two attached hydrogens (primary N) is 4. The van der Waals surface area contributed by atoms with Crippen LogP contribution >= 0.6 is 11.3 Å². The van der Waals surface area contributed by atoms with Crippen molar-refractivity contribution in [2.24, 2.45) is 16.5 Å². The zero-order valence-electron chi connectivity index (χ0n) is 27.3. The van der Waals surface area contributed by atoms with Crippen molar-refractivity contribution in [1.82, 2.24) is 20.2 Å². The van der Waals surface area contributed by atoms with Crippen LogP contribution in [0.25, 0.3) is 5.70 Å². The van der Waals surface area contributed by atoms with E-state index in [9.17, 15) is 9.59 Å². The SMILES string of the molecule is CC(C)NC(=O)CC(N)=CC=Nc1cc(O[C@@H](C)[C@@H]2CCCN2C)nc(C(N)=C2CCC[C@@]3(CCCc4sc(N)c(N)c43)C2=O)n1. The number of nitrogens with zero attached hydrogens (tertiary/aromatic N) is 4. The first-order chi connectivity index (χ1) is 21.9. The van der Waals surface area contributed by atoms with E-state index in [2.05, 4.69) is 27.2 Å². The van der Waals surface area contributed by atoms with Gasteiger partial charge in [0.2, 0.25) is 11.8 Å². The average Bonchev–Trinajstić information content (AvgIpc) is 3.56. The number of carbonyl (C=O) groups excluding carboxylic acids is 2. The number of rotatable bonds is 9. The van der Waals surface area contributed by atoms with Crippen LogP contribution in [0.4, 0.5) is 16.5 Å². The van der Waals surface area contributed by atoms with Gasteiger partial charge in [-0.15, -0.1) is 11.3 Å². The Labute approximate surface area is 274 Å². The molecule has 0 radical (unpaired) electrons. The smallest absolute Gasteiger partial charge is 0.226 e. The first-order valence-corrected chi connectivity index (χ1v) is 17.0. The highest BCUT2D eigenvalue weighted by Gasteiger charge is 2.49. The van der Waals surface area contributed by atoms with Gasteiger partial charge in [-0.3, -0.25) is 14.5 Å². The monoisotopic (exact) mass is 649 g/mol. The normalized spacial score (nSPS) is 24.1. The number of fused-ring (bicyclic) bond motifs is 2. The van der Waals surface area contributed by atoms with Crippen LogP contribution in [0.15, 0.2) is 28.4 Å². The number of Topliss-reactive ketones (excluding diaryl/α,β-unsaturated/α-hetero) is 1. The zero-order valence-corrected chi connectivity index (χ0v) is 28.1. The number of thiophene rings is 1. The van der Waals surface area contributed by atoms with Crippen molar-refractivity contribution >= 4 is 51.4 Å². The van der Waals surface area contributed by atoms with Crippen molar-refractivity contribution in [2.75, 3.05) is 25.1 Å². The Kier molecular flexibility index (Phi) is 10.0. The topological polar surface area (TPSA) is 201 Å². The Morgan fingerprint density at radius 3 is 2.63 bits per heavy atom. The summed E-state index contributed by atoms with van der Waals surface area (Å²) in [5, 5.41) is 3.38. The van der Waals surface area contributed by atoms with E-state index in [-0.39, 0.29) is 47.8 Å². The van der Waals surface area contributed by atoms with Gasteiger partial charge in [0.15, 0.2) is 17.4 Å². The second-order valence-electron chi connectivity index (χ2n) is 13.0. The molecule has 3 atom stereocenters. The highest BCUT2D eigenvalue weighted by Crippen LogP contribution is 2.53. The number of aryl methyl sites for hydroxylation is 1. The van der Waals surface area contributed by atoms with Crippen LogP contribution in [-0.2, 0) is 21.4 Å². The second-order valence-corrected chi connectivity index (χ2v) is 14.1. The number of nitrogens with one attached hydrogen (secondary N) is 1. The van der Waals surface area contributed by atoms with Gasteiger partial charge in [-0.2, -0.15) is 4.98 Å². The third-order valence-electron chi connectivity index (χ3n) is 9.26. The molecule has 2 aromatic heterocycles. The van der Waals surface area contributed by atoms with E-state index in [0.29, 0.717) is 52.9 Å². The van der Waals surface area contributed by atoms with E-state index in [1.807, 2.05) is 20.8 Å². The maximum absolute atomic E-state index is 14.4. The molecule has 9 N–H and O–H groups in total. The Bertz CT molecular complexity index is 1580. The number of carbonyl (C=O) groups is 2. The lowest BCUT2D eigenvalue weighted by atomic mass is 9.61. The van der Waals surface area contributed by atoms with Gasteiger partial charge in [0.1, 0.15) is 11.1 Å². The van der Waals surface area contributed by atoms with Gasteiger partial charge in [0.05, 0.1) is 23.2 Å². The molecule has 0 aromatic carbocycles. The van der Waals surface area contributed by atoms with E-state index < -0.39 is 5.41 Å². The van der Waals surface area contributed by atoms with Gasteiger partial charge in [-0.25, -0.2) is 9.98 Å². The maximum Gasteiger partial charge on any atom is 0.226 e.